The van der Waals surface area contributed by atoms with Crippen LogP contribution in [0.5, 0.6) is 6.01 Å². The van der Waals surface area contributed by atoms with E-state index in [4.69, 9.17) is 14.0 Å². The highest BCUT2D eigenvalue weighted by Gasteiger charge is 2.42. The largest absolute Gasteiger partial charge is 0.465 e. The molecule has 1 aliphatic heterocycles. The molecule has 1 amide bonds. The number of aryl methyl sites for hydroxylation is 1. The second-order valence-corrected chi connectivity index (χ2v) is 14.5. The van der Waals surface area contributed by atoms with Crippen molar-refractivity contribution in [1.29, 1.82) is 0 Å². The molecule has 2 aromatic heterocycles. The van der Waals surface area contributed by atoms with E-state index in [1.807, 2.05) is 55.7 Å². The Morgan fingerprint density at radius 3 is 2.41 bits per heavy atom. The van der Waals surface area contributed by atoms with Gasteiger partial charge < -0.3 is 18.9 Å². The lowest BCUT2D eigenvalue weighted by Crippen LogP contribution is -2.44. The van der Waals surface area contributed by atoms with Crippen LogP contribution in [0.15, 0.2) is 76.1 Å². The Hall–Kier alpha value is -5.17. The summed E-state index contributed by atoms with van der Waals surface area (Å²) in [7, 11) is -2.93. The molecule has 0 saturated carbocycles. The van der Waals surface area contributed by atoms with Crippen molar-refractivity contribution < 1.29 is 32.0 Å². The van der Waals surface area contributed by atoms with Gasteiger partial charge in [-0.1, -0.05) is 67.5 Å². The molecule has 0 spiro atoms. The van der Waals surface area contributed by atoms with Gasteiger partial charge in [-0.15, -0.1) is 0 Å². The van der Waals surface area contributed by atoms with Crippen molar-refractivity contribution >= 4 is 38.8 Å². The fourth-order valence-electron chi connectivity index (χ4n) is 6.07. The van der Waals surface area contributed by atoms with Gasteiger partial charge in [0.25, 0.3) is 16.0 Å². The lowest BCUT2D eigenvalue weighted by Gasteiger charge is -2.29. The summed E-state index contributed by atoms with van der Waals surface area (Å²) in [6.07, 6.45) is 0.613. The second kappa shape index (κ2) is 13.0. The summed E-state index contributed by atoms with van der Waals surface area (Å²) < 4.78 is 48.6. The Bertz CT molecular complexity index is 2150. The number of sulfonamides is 1. The first-order chi connectivity index (χ1) is 23.4. The summed E-state index contributed by atoms with van der Waals surface area (Å²) in [6, 6.07) is 19.9. The number of esters is 1. The molecular weight excluding hydrogens is 646 g/mol. The molecule has 0 unspecified atom stereocenters. The highest BCUT2D eigenvalue weighted by atomic mass is 32.2. The van der Waals surface area contributed by atoms with Crippen LogP contribution in [0.4, 0.5) is 5.88 Å². The summed E-state index contributed by atoms with van der Waals surface area (Å²) in [4.78, 5) is 32.0. The van der Waals surface area contributed by atoms with Crippen LogP contribution < -0.4 is 9.04 Å². The van der Waals surface area contributed by atoms with Gasteiger partial charge in [-0.25, -0.2) is 17.5 Å². The van der Waals surface area contributed by atoms with Crippen LogP contribution in [-0.2, 0) is 26.1 Å². The van der Waals surface area contributed by atoms with E-state index in [2.05, 4.69) is 10.1 Å². The van der Waals surface area contributed by atoms with Crippen LogP contribution in [0.1, 0.15) is 54.4 Å². The molecule has 3 heterocycles. The monoisotopic (exact) mass is 685 g/mol. The third kappa shape index (κ3) is 6.14. The van der Waals surface area contributed by atoms with Crippen LogP contribution in [0.25, 0.3) is 22.2 Å². The van der Waals surface area contributed by atoms with Crippen molar-refractivity contribution in [2.24, 2.45) is 5.41 Å². The van der Waals surface area contributed by atoms with E-state index in [9.17, 15) is 18.0 Å². The summed E-state index contributed by atoms with van der Waals surface area (Å²) in [6.45, 7) is 10.0. The number of carbonyl (C=O) groups is 2. The fourth-order valence-corrected chi connectivity index (χ4v) is 7.70. The number of ether oxygens (including phenoxy) is 2. The molecule has 3 aromatic carbocycles. The van der Waals surface area contributed by atoms with Gasteiger partial charge in [-0.2, -0.15) is 4.98 Å². The number of hydrogen-bond acceptors (Lipinski definition) is 9. The molecule has 12 nitrogen and oxygen atoms in total. The Kier molecular flexibility index (Phi) is 8.97. The third-order valence-corrected chi connectivity index (χ3v) is 10.8. The molecule has 49 heavy (non-hydrogen) atoms. The normalized spacial score (nSPS) is 14.4. The molecule has 256 valence electrons. The Morgan fingerprint density at radius 2 is 1.78 bits per heavy atom. The molecule has 1 aliphatic rings. The predicted octanol–water partition coefficient (Wildman–Crippen LogP) is 5.95. The van der Waals surface area contributed by atoms with Gasteiger partial charge in [0.1, 0.15) is 6.67 Å². The zero-order valence-electron chi connectivity index (χ0n) is 28.4. The Balaban J connectivity index is 1.37. The van der Waals surface area contributed by atoms with Crippen molar-refractivity contribution in [3.8, 4) is 17.1 Å². The maximum absolute atomic E-state index is 14.6. The number of fused-ring (bicyclic) bond motifs is 1. The minimum atomic E-state index is -4.26. The minimum Gasteiger partial charge on any atom is -0.465 e. The SMILES string of the molecule is CCOc1nc2cccc(C(=O)OC)c2n1Cc1ccc(-c2ccccc2S(=O)(=O)N(CN2CCC(C)(C)C2=O)c2onc(C)c2C)cc1. The number of anilines is 1. The number of rotatable bonds is 11. The van der Waals surface area contributed by atoms with Gasteiger partial charge in [0.2, 0.25) is 11.8 Å². The Labute approximate surface area is 285 Å². The molecule has 13 heteroatoms. The number of amides is 1. The number of likely N-dealkylation sites (tertiary alicyclic amines) is 1. The molecule has 1 fully saturated rings. The molecular formula is C36H39N5O7S. The highest BCUT2D eigenvalue weighted by molar-refractivity contribution is 7.93. The van der Waals surface area contributed by atoms with Gasteiger partial charge in [0, 0.05) is 23.1 Å². The Morgan fingerprint density at radius 1 is 1.04 bits per heavy atom. The number of benzene rings is 3. The molecule has 0 atom stereocenters. The van der Waals surface area contributed by atoms with Crippen molar-refractivity contribution in [2.75, 3.05) is 31.2 Å². The minimum absolute atomic E-state index is 0.0593. The van der Waals surface area contributed by atoms with Crippen LogP contribution in [-0.4, -0.2) is 66.8 Å². The van der Waals surface area contributed by atoms with E-state index in [1.165, 1.54) is 7.11 Å². The first kappa shape index (κ1) is 33.7. The van der Waals surface area contributed by atoms with Gasteiger partial charge in [0.15, 0.2) is 0 Å². The van der Waals surface area contributed by atoms with E-state index in [0.717, 1.165) is 9.87 Å². The van der Waals surface area contributed by atoms with E-state index in [1.54, 1.807) is 55.1 Å². The van der Waals surface area contributed by atoms with Crippen molar-refractivity contribution in [3.63, 3.8) is 0 Å². The summed E-state index contributed by atoms with van der Waals surface area (Å²) >= 11 is 0. The zero-order valence-corrected chi connectivity index (χ0v) is 29.2. The van der Waals surface area contributed by atoms with Crippen molar-refractivity contribution in [2.45, 2.75) is 52.5 Å². The molecule has 5 aromatic rings. The molecule has 0 radical (unpaired) electrons. The number of methoxy groups -OCH3 is 1. The lowest BCUT2D eigenvalue weighted by atomic mass is 9.92. The molecule has 1 saturated heterocycles. The van der Waals surface area contributed by atoms with Crippen LogP contribution >= 0.6 is 0 Å². The average molecular weight is 686 g/mol. The van der Waals surface area contributed by atoms with Gasteiger partial charge >= 0.3 is 5.97 Å². The smallest absolute Gasteiger partial charge is 0.340 e. The molecule has 0 N–H and O–H groups in total. The highest BCUT2D eigenvalue weighted by Crippen LogP contribution is 2.37. The first-order valence-electron chi connectivity index (χ1n) is 16.0. The maximum atomic E-state index is 14.6. The van der Waals surface area contributed by atoms with Crippen molar-refractivity contribution in [3.05, 3.63) is 89.1 Å². The number of carbonyl (C=O) groups excluding carboxylic acids is 2. The standard InChI is InChI=1S/C36H39N5O7S/c1-7-47-35-37-29-13-10-12-28(33(42)46-6)31(29)40(35)21-25-15-17-26(18-16-25)27-11-8-9-14-30(27)49(44,45)41(32-23(2)24(3)38-48-32)22-39-20-19-36(4,5)34(39)43/h8-18H,7,19-22H2,1-6H3. The second-order valence-electron chi connectivity index (χ2n) is 12.7. The van der Waals surface area contributed by atoms with Crippen LogP contribution in [0.3, 0.4) is 0 Å². The van der Waals surface area contributed by atoms with E-state index < -0.39 is 21.4 Å². The number of nitrogens with zero attached hydrogens (tertiary/aromatic N) is 5. The molecule has 0 aliphatic carbocycles. The lowest BCUT2D eigenvalue weighted by molar-refractivity contribution is -0.134. The van der Waals surface area contributed by atoms with Crippen LogP contribution in [0.2, 0.25) is 0 Å². The van der Waals surface area contributed by atoms with Crippen molar-refractivity contribution in [1.82, 2.24) is 19.6 Å². The number of hydrogen-bond donors (Lipinski definition) is 0. The topological polar surface area (TPSA) is 137 Å². The van der Waals surface area contributed by atoms with Crippen LogP contribution in [0, 0.1) is 19.3 Å². The van der Waals surface area contributed by atoms with E-state index in [-0.39, 0.29) is 23.4 Å². The summed E-state index contributed by atoms with van der Waals surface area (Å²) in [5.41, 5.74) is 4.13. The number of aromatic nitrogens is 3. The molecule has 6 rings (SSSR count). The zero-order chi connectivity index (χ0) is 35.1. The average Bonchev–Trinajstić information content (AvgIpc) is 3.70. The molecule has 0 bridgehead atoms. The maximum Gasteiger partial charge on any atom is 0.340 e. The predicted molar refractivity (Wildman–Crippen MR) is 184 cm³/mol. The number of para-hydroxylation sites is 1. The quantitative estimate of drug-likeness (QED) is 0.154. The number of imidazole rings is 1. The van der Waals surface area contributed by atoms with Gasteiger partial charge in [-0.05, 0) is 56.5 Å². The summed E-state index contributed by atoms with van der Waals surface area (Å²) in [5, 5.41) is 4.02. The van der Waals surface area contributed by atoms with Gasteiger partial charge in [-0.3, -0.25) is 9.36 Å². The fraction of sp³-hybridized carbons (Fsp3) is 0.333. The summed E-state index contributed by atoms with van der Waals surface area (Å²) in [5.74, 6) is -0.531. The first-order valence-corrected chi connectivity index (χ1v) is 17.4. The van der Waals surface area contributed by atoms with E-state index in [0.29, 0.717) is 71.1 Å². The van der Waals surface area contributed by atoms with E-state index >= 15 is 0 Å². The third-order valence-electron chi connectivity index (χ3n) is 9.00. The van der Waals surface area contributed by atoms with Gasteiger partial charge in [0.05, 0.1) is 47.4 Å².